The van der Waals surface area contributed by atoms with Gasteiger partial charge in [-0.15, -0.1) is 11.3 Å². The molecule has 0 spiro atoms. The molecule has 0 bridgehead atoms. The van der Waals surface area contributed by atoms with E-state index >= 15 is 0 Å². The van der Waals surface area contributed by atoms with Gasteiger partial charge >= 0.3 is 0 Å². The highest BCUT2D eigenvalue weighted by molar-refractivity contribution is 7.99. The molecular formula is C19H22N4O4S3. The molecule has 1 amide bonds. The van der Waals surface area contributed by atoms with Crippen LogP contribution in [0.25, 0.3) is 10.2 Å². The van der Waals surface area contributed by atoms with Gasteiger partial charge in [0, 0.05) is 25.8 Å². The van der Waals surface area contributed by atoms with Crippen LogP contribution in [0, 0.1) is 0 Å². The molecule has 3 aromatic rings. The SMILES string of the molecule is CCN(CC)S(=O)(=O)c1ccc(NC(=O)CSc2nc3sccc3c(=O)n2C)cc1. The molecule has 8 nitrogen and oxygen atoms in total. The van der Waals surface area contributed by atoms with Crippen molar-refractivity contribution < 1.29 is 13.2 Å². The second-order valence-corrected chi connectivity index (χ2v) is 10.1. The van der Waals surface area contributed by atoms with Gasteiger partial charge < -0.3 is 5.32 Å². The van der Waals surface area contributed by atoms with Crippen molar-refractivity contribution in [1.29, 1.82) is 0 Å². The summed E-state index contributed by atoms with van der Waals surface area (Å²) in [5, 5.41) is 5.57. The number of rotatable bonds is 8. The van der Waals surface area contributed by atoms with Crippen LogP contribution in [0.2, 0.25) is 0 Å². The molecule has 0 saturated heterocycles. The normalized spacial score (nSPS) is 11.9. The van der Waals surface area contributed by atoms with Gasteiger partial charge in [0.05, 0.1) is 16.0 Å². The van der Waals surface area contributed by atoms with E-state index in [9.17, 15) is 18.0 Å². The first kappa shape index (κ1) is 22.5. The number of amides is 1. The Morgan fingerprint density at radius 1 is 1.20 bits per heavy atom. The molecule has 0 aliphatic carbocycles. The minimum atomic E-state index is -3.54. The van der Waals surface area contributed by atoms with E-state index in [2.05, 4.69) is 10.3 Å². The number of hydrogen-bond acceptors (Lipinski definition) is 7. The zero-order valence-electron chi connectivity index (χ0n) is 16.8. The summed E-state index contributed by atoms with van der Waals surface area (Å²) >= 11 is 2.55. The summed E-state index contributed by atoms with van der Waals surface area (Å²) in [5.74, 6) is -0.212. The van der Waals surface area contributed by atoms with Gasteiger partial charge in [-0.2, -0.15) is 4.31 Å². The third kappa shape index (κ3) is 4.59. The van der Waals surface area contributed by atoms with Crippen LogP contribution < -0.4 is 10.9 Å². The number of carbonyl (C=O) groups excluding carboxylic acids is 1. The molecule has 30 heavy (non-hydrogen) atoms. The van der Waals surface area contributed by atoms with Crippen LogP contribution in [-0.4, -0.2) is 47.0 Å². The van der Waals surface area contributed by atoms with Crippen molar-refractivity contribution in [2.75, 3.05) is 24.2 Å². The van der Waals surface area contributed by atoms with Crippen LogP contribution in [-0.2, 0) is 21.9 Å². The second-order valence-electron chi connectivity index (χ2n) is 6.35. The fourth-order valence-corrected chi connectivity index (χ4v) is 5.89. The number of fused-ring (bicyclic) bond motifs is 1. The van der Waals surface area contributed by atoms with Crippen molar-refractivity contribution in [2.45, 2.75) is 23.9 Å². The lowest BCUT2D eigenvalue weighted by Gasteiger charge is -2.18. The zero-order valence-corrected chi connectivity index (χ0v) is 19.2. The van der Waals surface area contributed by atoms with Crippen molar-refractivity contribution in [2.24, 2.45) is 7.05 Å². The van der Waals surface area contributed by atoms with E-state index in [1.165, 1.54) is 44.1 Å². The third-order valence-corrected chi connectivity index (χ3v) is 8.38. The highest BCUT2D eigenvalue weighted by atomic mass is 32.2. The Morgan fingerprint density at radius 3 is 2.50 bits per heavy atom. The largest absolute Gasteiger partial charge is 0.325 e. The van der Waals surface area contributed by atoms with E-state index < -0.39 is 10.0 Å². The predicted molar refractivity (Wildman–Crippen MR) is 121 cm³/mol. The maximum absolute atomic E-state index is 12.5. The molecule has 0 fully saturated rings. The quantitative estimate of drug-likeness (QED) is 0.405. The van der Waals surface area contributed by atoms with Gasteiger partial charge in [-0.1, -0.05) is 25.6 Å². The number of aromatic nitrogens is 2. The Morgan fingerprint density at radius 2 is 1.87 bits per heavy atom. The fraction of sp³-hybridized carbons (Fsp3) is 0.316. The smallest absolute Gasteiger partial charge is 0.262 e. The maximum Gasteiger partial charge on any atom is 0.262 e. The molecule has 0 unspecified atom stereocenters. The van der Waals surface area contributed by atoms with Gasteiger partial charge in [0.25, 0.3) is 5.56 Å². The van der Waals surface area contributed by atoms with Gasteiger partial charge in [-0.05, 0) is 35.7 Å². The van der Waals surface area contributed by atoms with Crippen LogP contribution >= 0.6 is 23.1 Å². The van der Waals surface area contributed by atoms with Crippen molar-refractivity contribution >= 4 is 54.9 Å². The molecule has 1 aromatic carbocycles. The monoisotopic (exact) mass is 466 g/mol. The molecule has 0 atom stereocenters. The number of sulfonamides is 1. The van der Waals surface area contributed by atoms with Crippen LogP contribution in [0.3, 0.4) is 0 Å². The lowest BCUT2D eigenvalue weighted by Crippen LogP contribution is -2.30. The molecule has 2 aromatic heterocycles. The maximum atomic E-state index is 12.5. The van der Waals surface area contributed by atoms with Crippen LogP contribution in [0.5, 0.6) is 0 Å². The zero-order chi connectivity index (χ0) is 21.9. The third-order valence-electron chi connectivity index (χ3n) is 4.48. The number of anilines is 1. The highest BCUT2D eigenvalue weighted by Crippen LogP contribution is 2.21. The summed E-state index contributed by atoms with van der Waals surface area (Å²) in [6, 6.07) is 7.81. The lowest BCUT2D eigenvalue weighted by atomic mass is 10.3. The number of benzene rings is 1. The van der Waals surface area contributed by atoms with Crippen molar-refractivity contribution in [3.8, 4) is 0 Å². The average Bonchev–Trinajstić information content (AvgIpc) is 3.19. The average molecular weight is 467 g/mol. The van der Waals surface area contributed by atoms with E-state index in [0.717, 1.165) is 0 Å². The van der Waals surface area contributed by atoms with Gasteiger partial charge in [0.15, 0.2) is 5.16 Å². The van der Waals surface area contributed by atoms with E-state index in [0.29, 0.717) is 34.1 Å². The fourth-order valence-electron chi connectivity index (χ4n) is 2.86. The number of carbonyl (C=O) groups is 1. The first-order chi connectivity index (χ1) is 14.3. The molecule has 160 valence electrons. The molecule has 11 heteroatoms. The summed E-state index contributed by atoms with van der Waals surface area (Å²) < 4.78 is 27.8. The predicted octanol–water partition coefficient (Wildman–Crippen LogP) is 2.76. The minimum absolute atomic E-state index is 0.0661. The van der Waals surface area contributed by atoms with E-state index in [1.807, 2.05) is 5.38 Å². The molecule has 2 heterocycles. The first-order valence-corrected chi connectivity index (χ1v) is 12.6. The van der Waals surface area contributed by atoms with Crippen molar-refractivity contribution in [1.82, 2.24) is 13.9 Å². The molecule has 0 aliphatic rings. The number of hydrogen-bond donors (Lipinski definition) is 1. The second kappa shape index (κ2) is 9.29. The minimum Gasteiger partial charge on any atom is -0.325 e. The Bertz CT molecular complexity index is 1210. The number of thioether (sulfide) groups is 1. The Kier molecular flexibility index (Phi) is 6.96. The molecular weight excluding hydrogens is 444 g/mol. The summed E-state index contributed by atoms with van der Waals surface area (Å²) in [4.78, 5) is 29.9. The topological polar surface area (TPSA) is 101 Å². The van der Waals surface area contributed by atoms with Gasteiger partial charge in [-0.3, -0.25) is 14.2 Å². The van der Waals surface area contributed by atoms with Crippen molar-refractivity contribution in [3.63, 3.8) is 0 Å². The number of nitrogens with zero attached hydrogens (tertiary/aromatic N) is 3. The molecule has 3 rings (SSSR count). The van der Waals surface area contributed by atoms with E-state index in [-0.39, 0.29) is 22.1 Å². The standard InChI is InChI=1S/C19H22N4O4S3/c1-4-23(5-2)30(26,27)14-8-6-13(7-9-14)20-16(24)12-29-19-21-17-15(10-11-28-17)18(25)22(19)3/h6-11H,4-5,12H2,1-3H3,(H,20,24). The molecule has 1 N–H and O–H groups in total. The first-order valence-electron chi connectivity index (χ1n) is 9.25. The summed E-state index contributed by atoms with van der Waals surface area (Å²) in [5.41, 5.74) is 0.351. The molecule has 0 saturated carbocycles. The van der Waals surface area contributed by atoms with Gasteiger partial charge in [0.2, 0.25) is 15.9 Å². The Hall–Kier alpha value is -2.21. The van der Waals surface area contributed by atoms with Gasteiger partial charge in [0.1, 0.15) is 4.83 Å². The van der Waals surface area contributed by atoms with Gasteiger partial charge in [-0.25, -0.2) is 13.4 Å². The number of nitrogens with one attached hydrogen (secondary N) is 1. The highest BCUT2D eigenvalue weighted by Gasteiger charge is 2.21. The van der Waals surface area contributed by atoms with Crippen LogP contribution in [0.15, 0.2) is 50.6 Å². The number of thiophene rings is 1. The summed E-state index contributed by atoms with van der Waals surface area (Å²) in [7, 11) is -1.91. The lowest BCUT2D eigenvalue weighted by molar-refractivity contribution is -0.113. The molecule has 0 radical (unpaired) electrons. The molecule has 0 aliphatic heterocycles. The Labute approximate surface area is 183 Å². The Balaban J connectivity index is 1.66. The van der Waals surface area contributed by atoms with E-state index in [1.54, 1.807) is 39.1 Å². The van der Waals surface area contributed by atoms with E-state index in [4.69, 9.17) is 0 Å². The van der Waals surface area contributed by atoms with Crippen LogP contribution in [0.4, 0.5) is 5.69 Å². The summed E-state index contributed by atoms with van der Waals surface area (Å²) in [6.45, 7) is 4.35. The van der Waals surface area contributed by atoms with Crippen LogP contribution in [0.1, 0.15) is 13.8 Å². The summed E-state index contributed by atoms with van der Waals surface area (Å²) in [6.07, 6.45) is 0. The van der Waals surface area contributed by atoms with Crippen molar-refractivity contribution in [3.05, 3.63) is 46.1 Å².